The Labute approximate surface area is 115 Å². The van der Waals surface area contributed by atoms with Gasteiger partial charge in [-0.1, -0.05) is 27.5 Å². The summed E-state index contributed by atoms with van der Waals surface area (Å²) in [6.45, 7) is 0.832. The normalized spacial score (nSPS) is 12.1. The van der Waals surface area contributed by atoms with Gasteiger partial charge in [-0.2, -0.15) is 0 Å². The average molecular weight is 342 g/mol. The van der Waals surface area contributed by atoms with Crippen LogP contribution in [0.2, 0.25) is 5.02 Å². The average Bonchev–Trinajstić information content (AvgIpc) is 2.25. The smallest absolute Gasteiger partial charge is 0.244 e. The lowest BCUT2D eigenvalue weighted by Gasteiger charge is -2.17. The van der Waals surface area contributed by atoms with Crippen molar-refractivity contribution in [1.29, 1.82) is 0 Å². The minimum Gasteiger partial charge on any atom is -0.330 e. The summed E-state index contributed by atoms with van der Waals surface area (Å²) in [7, 11) is -2.02. The van der Waals surface area contributed by atoms with Gasteiger partial charge in [-0.05, 0) is 31.2 Å². The molecule has 0 saturated heterocycles. The summed E-state index contributed by atoms with van der Waals surface area (Å²) >= 11 is 9.16. The molecule has 7 heteroatoms. The number of hydrogen-bond donors (Lipinski definition) is 1. The Morgan fingerprint density at radius 2 is 2.12 bits per heavy atom. The Morgan fingerprint density at radius 1 is 1.47 bits per heavy atom. The fraction of sp³-hybridized carbons (Fsp3) is 0.400. The van der Waals surface area contributed by atoms with Gasteiger partial charge in [-0.15, -0.1) is 0 Å². The molecule has 96 valence electrons. The number of hydrogen-bond acceptors (Lipinski definition) is 3. The van der Waals surface area contributed by atoms with Crippen molar-refractivity contribution >= 4 is 37.6 Å². The molecule has 1 aromatic carbocycles. The minimum atomic E-state index is -3.53. The highest BCUT2D eigenvalue weighted by Gasteiger charge is 2.22. The molecule has 0 spiro atoms. The monoisotopic (exact) mass is 340 g/mol. The number of rotatable bonds is 5. The molecule has 4 nitrogen and oxygen atoms in total. The lowest BCUT2D eigenvalue weighted by atomic mass is 10.4. The third-order valence-electron chi connectivity index (χ3n) is 2.26. The van der Waals surface area contributed by atoms with E-state index in [1.807, 2.05) is 0 Å². The Hall–Kier alpha value is -0.140. The molecule has 0 aromatic heterocycles. The third kappa shape index (κ3) is 3.66. The number of nitrogens with zero attached hydrogens (tertiary/aromatic N) is 1. The van der Waals surface area contributed by atoms with E-state index in [0.29, 0.717) is 19.5 Å². The summed E-state index contributed by atoms with van der Waals surface area (Å²) in [5.74, 6) is 0. The SMILES string of the molecule is CN(CCCN)S(=O)(=O)c1ccc(Br)cc1Cl. The van der Waals surface area contributed by atoms with Crippen molar-refractivity contribution < 1.29 is 8.42 Å². The van der Waals surface area contributed by atoms with Gasteiger partial charge in [0.2, 0.25) is 10.0 Å². The Balaban J connectivity index is 3.04. The van der Waals surface area contributed by atoms with Gasteiger partial charge in [-0.3, -0.25) is 0 Å². The third-order valence-corrected chi connectivity index (χ3v) is 5.09. The zero-order valence-corrected chi connectivity index (χ0v) is 12.5. The van der Waals surface area contributed by atoms with Crippen LogP contribution in [0.4, 0.5) is 0 Å². The van der Waals surface area contributed by atoms with Crippen LogP contribution >= 0.6 is 27.5 Å². The zero-order chi connectivity index (χ0) is 13.1. The van der Waals surface area contributed by atoms with Gasteiger partial charge in [0.25, 0.3) is 0 Å². The van der Waals surface area contributed by atoms with E-state index in [2.05, 4.69) is 15.9 Å². The van der Waals surface area contributed by atoms with Crippen LogP contribution < -0.4 is 5.73 Å². The molecular weight excluding hydrogens is 328 g/mol. The van der Waals surface area contributed by atoms with Gasteiger partial charge in [0.05, 0.1) is 5.02 Å². The number of nitrogens with two attached hydrogens (primary N) is 1. The van der Waals surface area contributed by atoms with E-state index in [0.717, 1.165) is 4.47 Å². The summed E-state index contributed by atoms with van der Waals surface area (Å²) < 4.78 is 26.3. The van der Waals surface area contributed by atoms with E-state index in [1.165, 1.54) is 17.4 Å². The van der Waals surface area contributed by atoms with Gasteiger partial charge < -0.3 is 5.73 Å². The van der Waals surface area contributed by atoms with Crippen LogP contribution in [0.5, 0.6) is 0 Å². The van der Waals surface area contributed by atoms with E-state index in [1.54, 1.807) is 12.1 Å². The molecule has 2 N–H and O–H groups in total. The molecule has 0 bridgehead atoms. The molecule has 0 radical (unpaired) electrons. The molecule has 0 aliphatic rings. The van der Waals surface area contributed by atoms with E-state index >= 15 is 0 Å². The standard InChI is InChI=1S/C10H14BrClN2O2S/c1-14(6-2-5-13)17(15,16)10-4-3-8(11)7-9(10)12/h3-4,7H,2,5-6,13H2,1H3. The first kappa shape index (κ1) is 14.9. The molecule has 1 rings (SSSR count). The summed E-state index contributed by atoms with van der Waals surface area (Å²) in [5, 5.41) is 0.207. The van der Waals surface area contributed by atoms with Crippen LogP contribution in [-0.2, 0) is 10.0 Å². The van der Waals surface area contributed by atoms with Gasteiger partial charge >= 0.3 is 0 Å². The highest BCUT2D eigenvalue weighted by Crippen LogP contribution is 2.27. The Bertz CT molecular complexity index is 493. The lowest BCUT2D eigenvalue weighted by molar-refractivity contribution is 0.464. The summed E-state index contributed by atoms with van der Waals surface area (Å²) in [6.07, 6.45) is 0.615. The largest absolute Gasteiger partial charge is 0.330 e. The summed E-state index contributed by atoms with van der Waals surface area (Å²) in [6, 6.07) is 4.70. The van der Waals surface area contributed by atoms with Crippen molar-refractivity contribution in [3.8, 4) is 0 Å². The van der Waals surface area contributed by atoms with Gasteiger partial charge in [0.1, 0.15) is 4.90 Å². The maximum absolute atomic E-state index is 12.2. The van der Waals surface area contributed by atoms with Gasteiger partial charge in [-0.25, -0.2) is 12.7 Å². The fourth-order valence-corrected chi connectivity index (χ4v) is 3.50. The Kier molecular flexibility index (Phi) is 5.40. The molecule has 17 heavy (non-hydrogen) atoms. The van der Waals surface area contributed by atoms with Crippen molar-refractivity contribution in [1.82, 2.24) is 4.31 Å². The van der Waals surface area contributed by atoms with Crippen molar-refractivity contribution in [3.05, 3.63) is 27.7 Å². The van der Waals surface area contributed by atoms with Crippen LogP contribution in [-0.4, -0.2) is 32.9 Å². The first-order valence-corrected chi connectivity index (χ1v) is 7.62. The lowest BCUT2D eigenvalue weighted by Crippen LogP contribution is -2.29. The van der Waals surface area contributed by atoms with Crippen molar-refractivity contribution in [2.75, 3.05) is 20.1 Å². The number of halogens is 2. The summed E-state index contributed by atoms with van der Waals surface area (Å²) in [5.41, 5.74) is 5.35. The van der Waals surface area contributed by atoms with Gasteiger partial charge in [0, 0.05) is 18.1 Å². The topological polar surface area (TPSA) is 63.4 Å². The molecule has 0 amide bonds. The minimum absolute atomic E-state index is 0.113. The molecule has 0 fully saturated rings. The van der Waals surface area contributed by atoms with E-state index in [9.17, 15) is 8.42 Å². The van der Waals surface area contributed by atoms with E-state index in [4.69, 9.17) is 17.3 Å². The van der Waals surface area contributed by atoms with Crippen molar-refractivity contribution in [2.24, 2.45) is 5.73 Å². The zero-order valence-electron chi connectivity index (χ0n) is 9.36. The van der Waals surface area contributed by atoms with Crippen molar-refractivity contribution in [3.63, 3.8) is 0 Å². The summed E-state index contributed by atoms with van der Waals surface area (Å²) in [4.78, 5) is 0.113. The second-order valence-corrected chi connectivity index (χ2v) is 6.88. The molecular formula is C10H14BrClN2O2S. The van der Waals surface area contributed by atoms with E-state index < -0.39 is 10.0 Å². The maximum Gasteiger partial charge on any atom is 0.244 e. The molecule has 0 saturated carbocycles. The predicted molar refractivity (Wildman–Crippen MR) is 72.6 cm³/mol. The fourth-order valence-electron chi connectivity index (χ4n) is 1.29. The molecule has 0 unspecified atom stereocenters. The highest BCUT2D eigenvalue weighted by atomic mass is 79.9. The second-order valence-electron chi connectivity index (χ2n) is 3.54. The van der Waals surface area contributed by atoms with Crippen LogP contribution in [0, 0.1) is 0 Å². The molecule has 0 aliphatic carbocycles. The highest BCUT2D eigenvalue weighted by molar-refractivity contribution is 9.10. The number of benzene rings is 1. The molecule has 1 aromatic rings. The Morgan fingerprint density at radius 3 is 2.65 bits per heavy atom. The first-order chi connectivity index (χ1) is 7.89. The van der Waals surface area contributed by atoms with E-state index in [-0.39, 0.29) is 9.92 Å². The van der Waals surface area contributed by atoms with Crippen LogP contribution in [0.15, 0.2) is 27.6 Å². The number of sulfonamides is 1. The molecule has 0 atom stereocenters. The molecule has 0 aliphatic heterocycles. The second kappa shape index (κ2) is 6.15. The van der Waals surface area contributed by atoms with Crippen LogP contribution in [0.1, 0.15) is 6.42 Å². The predicted octanol–water partition coefficient (Wildman–Crippen LogP) is 2.07. The van der Waals surface area contributed by atoms with Gasteiger partial charge in [0.15, 0.2) is 0 Å². The molecule has 0 heterocycles. The maximum atomic E-state index is 12.2. The quantitative estimate of drug-likeness (QED) is 0.892. The van der Waals surface area contributed by atoms with Crippen molar-refractivity contribution in [2.45, 2.75) is 11.3 Å². The first-order valence-electron chi connectivity index (χ1n) is 5.01. The van der Waals surface area contributed by atoms with Crippen LogP contribution in [0.25, 0.3) is 0 Å². The van der Waals surface area contributed by atoms with Crippen LogP contribution in [0.3, 0.4) is 0 Å².